The Balaban J connectivity index is 2.12. The van der Waals surface area contributed by atoms with Crippen LogP contribution in [0.1, 0.15) is 35.3 Å². The largest absolute Gasteiger partial charge is 0.483 e. The van der Waals surface area contributed by atoms with E-state index in [1.54, 1.807) is 19.1 Å². The number of ketones is 1. The Morgan fingerprint density at radius 2 is 1.86 bits per heavy atom. The van der Waals surface area contributed by atoms with E-state index in [0.717, 1.165) is 22.6 Å². The first-order valence-corrected chi connectivity index (χ1v) is 7.45. The predicted molar refractivity (Wildman–Crippen MR) is 86.4 cm³/mol. The number of Topliss-reactive ketones (excluding diaryl/α,β-unsaturated/α-hetero) is 1. The zero-order chi connectivity index (χ0) is 15.4. The van der Waals surface area contributed by atoms with Crippen molar-refractivity contribution < 1.29 is 9.53 Å². The second-order valence-corrected chi connectivity index (χ2v) is 5.50. The minimum atomic E-state index is -0.529. The van der Waals surface area contributed by atoms with Gasteiger partial charge in [-0.1, -0.05) is 48.4 Å². The molecule has 2 rings (SSSR count). The number of rotatable bonds is 5. The Bertz CT molecular complexity index is 632. The second-order valence-electron chi connectivity index (χ2n) is 5.10. The van der Waals surface area contributed by atoms with Crippen molar-refractivity contribution in [1.29, 1.82) is 0 Å². The molecule has 1 unspecified atom stereocenters. The highest BCUT2D eigenvalue weighted by atomic mass is 35.5. The van der Waals surface area contributed by atoms with Crippen molar-refractivity contribution in [2.75, 3.05) is 0 Å². The van der Waals surface area contributed by atoms with Crippen LogP contribution in [0.15, 0.2) is 42.5 Å². The Labute approximate surface area is 130 Å². The van der Waals surface area contributed by atoms with Crippen LogP contribution < -0.4 is 4.74 Å². The number of hydrogen-bond acceptors (Lipinski definition) is 2. The molecule has 0 spiro atoms. The molecule has 1 atom stereocenters. The molecule has 0 aromatic heterocycles. The van der Waals surface area contributed by atoms with E-state index in [4.69, 9.17) is 16.3 Å². The molecule has 0 radical (unpaired) electrons. The normalized spacial score (nSPS) is 12.0. The maximum atomic E-state index is 12.3. The summed E-state index contributed by atoms with van der Waals surface area (Å²) in [4.78, 5) is 12.3. The number of carbonyl (C=O) groups excluding carboxylic acids is 1. The van der Waals surface area contributed by atoms with Gasteiger partial charge in [-0.3, -0.25) is 4.79 Å². The van der Waals surface area contributed by atoms with Gasteiger partial charge in [0.1, 0.15) is 5.75 Å². The van der Waals surface area contributed by atoms with E-state index in [1.165, 1.54) is 0 Å². The maximum absolute atomic E-state index is 12.3. The fourth-order valence-corrected chi connectivity index (χ4v) is 2.36. The van der Waals surface area contributed by atoms with Crippen molar-refractivity contribution in [1.82, 2.24) is 0 Å². The van der Waals surface area contributed by atoms with E-state index >= 15 is 0 Å². The highest BCUT2D eigenvalue weighted by Crippen LogP contribution is 2.23. The Kier molecular flexibility index (Phi) is 5.03. The lowest BCUT2D eigenvalue weighted by molar-refractivity contribution is 0.0818. The molecule has 0 N–H and O–H groups in total. The van der Waals surface area contributed by atoms with Gasteiger partial charge < -0.3 is 4.74 Å². The molecule has 0 aliphatic carbocycles. The van der Waals surface area contributed by atoms with Gasteiger partial charge in [-0.15, -0.1) is 0 Å². The van der Waals surface area contributed by atoms with Gasteiger partial charge in [0.05, 0.1) is 0 Å². The molecular formula is C18H19ClO2. The standard InChI is InChI=1S/C18H19ClO2/c1-4-14-11-16(9-10-17(14)19)21-13(3)18(20)15-7-5-12(2)6-8-15/h5-11,13H,4H2,1-3H3. The highest BCUT2D eigenvalue weighted by Gasteiger charge is 2.17. The molecule has 2 nitrogen and oxygen atoms in total. The lowest BCUT2D eigenvalue weighted by Gasteiger charge is -2.15. The van der Waals surface area contributed by atoms with E-state index in [9.17, 15) is 4.79 Å². The Hall–Kier alpha value is -1.80. The van der Waals surface area contributed by atoms with Crippen LogP contribution >= 0.6 is 11.6 Å². The number of benzene rings is 2. The van der Waals surface area contributed by atoms with E-state index in [-0.39, 0.29) is 5.78 Å². The summed E-state index contributed by atoms with van der Waals surface area (Å²) in [5.41, 5.74) is 2.81. The molecule has 0 heterocycles. The number of hydrogen-bond donors (Lipinski definition) is 0. The molecule has 2 aromatic carbocycles. The summed E-state index contributed by atoms with van der Waals surface area (Å²) in [6.45, 7) is 5.79. The third-order valence-electron chi connectivity index (χ3n) is 3.42. The molecule has 3 heteroatoms. The molecule has 0 amide bonds. The van der Waals surface area contributed by atoms with Crippen molar-refractivity contribution in [2.45, 2.75) is 33.3 Å². The van der Waals surface area contributed by atoms with E-state index in [0.29, 0.717) is 11.3 Å². The predicted octanol–water partition coefficient (Wildman–Crippen LogP) is 4.86. The fourth-order valence-electron chi connectivity index (χ4n) is 2.11. The van der Waals surface area contributed by atoms with Gasteiger partial charge in [0, 0.05) is 10.6 Å². The molecule has 110 valence electrons. The monoisotopic (exact) mass is 302 g/mol. The van der Waals surface area contributed by atoms with Crippen molar-refractivity contribution >= 4 is 17.4 Å². The summed E-state index contributed by atoms with van der Waals surface area (Å²) in [6.07, 6.45) is 0.301. The van der Waals surface area contributed by atoms with Crippen LogP contribution in [0.25, 0.3) is 0 Å². The SMILES string of the molecule is CCc1cc(OC(C)C(=O)c2ccc(C)cc2)ccc1Cl. The van der Waals surface area contributed by atoms with Gasteiger partial charge in [0.15, 0.2) is 6.10 Å². The van der Waals surface area contributed by atoms with Gasteiger partial charge in [0.2, 0.25) is 5.78 Å². The molecule has 21 heavy (non-hydrogen) atoms. The fraction of sp³-hybridized carbons (Fsp3) is 0.278. The maximum Gasteiger partial charge on any atom is 0.202 e. The first kappa shape index (κ1) is 15.6. The van der Waals surface area contributed by atoms with Gasteiger partial charge in [-0.25, -0.2) is 0 Å². The summed E-state index contributed by atoms with van der Waals surface area (Å²) < 4.78 is 5.75. The second kappa shape index (κ2) is 6.77. The quantitative estimate of drug-likeness (QED) is 0.737. The molecule has 0 aliphatic rings. The van der Waals surface area contributed by atoms with Crippen molar-refractivity contribution in [3.8, 4) is 5.75 Å². The van der Waals surface area contributed by atoms with Gasteiger partial charge in [-0.05, 0) is 44.0 Å². The highest BCUT2D eigenvalue weighted by molar-refractivity contribution is 6.31. The first-order valence-electron chi connectivity index (χ1n) is 7.07. The average molecular weight is 303 g/mol. The Morgan fingerprint density at radius 3 is 2.48 bits per heavy atom. The van der Waals surface area contributed by atoms with Gasteiger partial charge in [0.25, 0.3) is 0 Å². The molecule has 0 fully saturated rings. The average Bonchev–Trinajstić information content (AvgIpc) is 2.49. The first-order chi connectivity index (χ1) is 10.0. The van der Waals surface area contributed by atoms with Gasteiger partial charge in [-0.2, -0.15) is 0 Å². The zero-order valence-electron chi connectivity index (χ0n) is 12.5. The lowest BCUT2D eigenvalue weighted by Crippen LogP contribution is -2.23. The van der Waals surface area contributed by atoms with Crippen LogP contribution in [0.5, 0.6) is 5.75 Å². The molecule has 0 aliphatic heterocycles. The summed E-state index contributed by atoms with van der Waals surface area (Å²) in [5.74, 6) is 0.646. The summed E-state index contributed by atoms with van der Waals surface area (Å²) in [7, 11) is 0. The summed E-state index contributed by atoms with van der Waals surface area (Å²) in [6, 6.07) is 13.0. The summed E-state index contributed by atoms with van der Waals surface area (Å²) in [5, 5.41) is 0.724. The topological polar surface area (TPSA) is 26.3 Å². The number of aryl methyl sites for hydroxylation is 2. The smallest absolute Gasteiger partial charge is 0.202 e. The minimum Gasteiger partial charge on any atom is -0.483 e. The van der Waals surface area contributed by atoms with Crippen LogP contribution in [-0.2, 0) is 6.42 Å². The van der Waals surface area contributed by atoms with Crippen molar-refractivity contribution in [3.63, 3.8) is 0 Å². The summed E-state index contributed by atoms with van der Waals surface area (Å²) >= 11 is 6.08. The van der Waals surface area contributed by atoms with Crippen molar-refractivity contribution in [3.05, 3.63) is 64.2 Å². The zero-order valence-corrected chi connectivity index (χ0v) is 13.3. The third kappa shape index (κ3) is 3.85. The van der Waals surface area contributed by atoms with E-state index in [1.807, 2.05) is 44.2 Å². The minimum absolute atomic E-state index is 0.0250. The third-order valence-corrected chi connectivity index (χ3v) is 3.78. The van der Waals surface area contributed by atoms with Crippen LogP contribution in [-0.4, -0.2) is 11.9 Å². The molecule has 2 aromatic rings. The lowest BCUT2D eigenvalue weighted by atomic mass is 10.1. The molecule has 0 saturated heterocycles. The molecule has 0 bridgehead atoms. The van der Waals surface area contributed by atoms with Crippen LogP contribution in [0.4, 0.5) is 0 Å². The Morgan fingerprint density at radius 1 is 1.19 bits per heavy atom. The molecular weight excluding hydrogens is 284 g/mol. The van der Waals surface area contributed by atoms with E-state index < -0.39 is 6.10 Å². The number of halogens is 1. The van der Waals surface area contributed by atoms with Crippen LogP contribution in [0.2, 0.25) is 5.02 Å². The van der Waals surface area contributed by atoms with Crippen LogP contribution in [0, 0.1) is 6.92 Å². The van der Waals surface area contributed by atoms with E-state index in [2.05, 4.69) is 0 Å². The molecule has 0 saturated carbocycles. The number of carbonyl (C=O) groups is 1. The van der Waals surface area contributed by atoms with Gasteiger partial charge >= 0.3 is 0 Å². The van der Waals surface area contributed by atoms with Crippen LogP contribution in [0.3, 0.4) is 0 Å². The van der Waals surface area contributed by atoms with Crippen molar-refractivity contribution in [2.24, 2.45) is 0 Å². The number of ether oxygens (including phenoxy) is 1.